The Labute approximate surface area is 82.2 Å². The minimum atomic E-state index is -0.815. The van der Waals surface area contributed by atoms with E-state index in [4.69, 9.17) is 14.9 Å². The highest BCUT2D eigenvalue weighted by Crippen LogP contribution is 2.45. The second kappa shape index (κ2) is 3.52. The molecule has 0 saturated heterocycles. The zero-order chi connectivity index (χ0) is 10.1. The molecule has 0 aromatic heterocycles. The first-order valence-electron chi connectivity index (χ1n) is 4.95. The topological polar surface area (TPSA) is 66.8 Å². The average molecular weight is 198 g/mol. The average Bonchev–Trinajstić information content (AvgIpc) is 2.77. The lowest BCUT2D eigenvalue weighted by Gasteiger charge is -2.21. The third-order valence-electron chi connectivity index (χ3n) is 3.26. The standard InChI is InChI=1S/C10H14O4/c11-5-8(12)10(13)14-9-4-6-1-2-7(9)3-6/h5-7,9,11-12H,1-4H2. The summed E-state index contributed by atoms with van der Waals surface area (Å²) in [5.41, 5.74) is 0. The predicted molar refractivity (Wildman–Crippen MR) is 48.7 cm³/mol. The fourth-order valence-electron chi connectivity index (χ4n) is 2.58. The Hall–Kier alpha value is -1.19. The van der Waals surface area contributed by atoms with Crippen molar-refractivity contribution in [1.82, 2.24) is 0 Å². The van der Waals surface area contributed by atoms with Gasteiger partial charge in [0.25, 0.3) is 0 Å². The zero-order valence-electron chi connectivity index (χ0n) is 7.85. The summed E-state index contributed by atoms with van der Waals surface area (Å²) in [6.07, 6.45) is 4.72. The molecule has 2 bridgehead atoms. The van der Waals surface area contributed by atoms with E-state index in [-0.39, 0.29) is 6.10 Å². The molecule has 2 aliphatic carbocycles. The lowest BCUT2D eigenvalue weighted by molar-refractivity contribution is -0.150. The Bertz CT molecular complexity index is 271. The third-order valence-corrected chi connectivity index (χ3v) is 3.26. The van der Waals surface area contributed by atoms with Crippen LogP contribution in [0.1, 0.15) is 25.7 Å². The summed E-state index contributed by atoms with van der Waals surface area (Å²) in [6, 6.07) is 0. The van der Waals surface area contributed by atoms with Crippen LogP contribution in [0, 0.1) is 11.8 Å². The lowest BCUT2D eigenvalue weighted by Crippen LogP contribution is -2.24. The number of aliphatic hydroxyl groups is 2. The van der Waals surface area contributed by atoms with Crippen molar-refractivity contribution in [1.29, 1.82) is 0 Å². The quantitative estimate of drug-likeness (QED) is 0.402. The SMILES string of the molecule is O=C(OC1CC2CCC1C2)C(O)=CO. The second-order valence-corrected chi connectivity index (χ2v) is 4.13. The van der Waals surface area contributed by atoms with Gasteiger partial charge in [-0.15, -0.1) is 0 Å². The molecule has 2 fully saturated rings. The normalized spacial score (nSPS) is 36.0. The number of aliphatic hydroxyl groups excluding tert-OH is 2. The summed E-state index contributed by atoms with van der Waals surface area (Å²) in [5, 5.41) is 17.3. The van der Waals surface area contributed by atoms with E-state index in [9.17, 15) is 4.79 Å². The number of esters is 1. The zero-order valence-corrected chi connectivity index (χ0v) is 7.85. The van der Waals surface area contributed by atoms with Crippen LogP contribution in [0.3, 0.4) is 0 Å². The van der Waals surface area contributed by atoms with Crippen molar-refractivity contribution in [3.05, 3.63) is 12.0 Å². The van der Waals surface area contributed by atoms with Gasteiger partial charge >= 0.3 is 5.97 Å². The number of rotatable bonds is 2. The van der Waals surface area contributed by atoms with E-state index in [1.54, 1.807) is 0 Å². The smallest absolute Gasteiger partial charge is 0.376 e. The van der Waals surface area contributed by atoms with Crippen LogP contribution in [-0.4, -0.2) is 22.3 Å². The molecule has 2 N–H and O–H groups in total. The molecule has 3 atom stereocenters. The second-order valence-electron chi connectivity index (χ2n) is 4.13. The summed E-state index contributed by atoms with van der Waals surface area (Å²) < 4.78 is 5.08. The number of hydrogen-bond acceptors (Lipinski definition) is 4. The molecule has 2 aliphatic rings. The van der Waals surface area contributed by atoms with E-state index >= 15 is 0 Å². The summed E-state index contributed by atoms with van der Waals surface area (Å²) >= 11 is 0. The lowest BCUT2D eigenvalue weighted by atomic mass is 9.98. The van der Waals surface area contributed by atoms with Crippen LogP contribution >= 0.6 is 0 Å². The number of fused-ring (bicyclic) bond motifs is 2. The van der Waals surface area contributed by atoms with Crippen molar-refractivity contribution in [2.24, 2.45) is 11.8 Å². The monoisotopic (exact) mass is 198 g/mol. The van der Waals surface area contributed by atoms with Crippen LogP contribution in [0.15, 0.2) is 12.0 Å². The van der Waals surface area contributed by atoms with E-state index in [1.165, 1.54) is 6.42 Å². The maximum atomic E-state index is 11.1. The molecule has 0 radical (unpaired) electrons. The molecule has 14 heavy (non-hydrogen) atoms. The Morgan fingerprint density at radius 3 is 2.64 bits per heavy atom. The molecular formula is C10H14O4. The third kappa shape index (κ3) is 1.56. The van der Waals surface area contributed by atoms with E-state index in [0.717, 1.165) is 19.3 Å². The van der Waals surface area contributed by atoms with Crippen LogP contribution in [0.4, 0.5) is 0 Å². The van der Waals surface area contributed by atoms with Gasteiger partial charge in [0.1, 0.15) is 12.4 Å². The summed E-state index contributed by atoms with van der Waals surface area (Å²) in [4.78, 5) is 11.1. The molecule has 0 spiro atoms. The Morgan fingerprint density at radius 2 is 2.14 bits per heavy atom. The number of hydrogen-bond donors (Lipinski definition) is 2. The molecule has 0 heterocycles. The van der Waals surface area contributed by atoms with Crippen LogP contribution in [0.25, 0.3) is 0 Å². The fraction of sp³-hybridized carbons (Fsp3) is 0.700. The van der Waals surface area contributed by atoms with E-state index in [0.29, 0.717) is 18.1 Å². The first-order chi connectivity index (χ1) is 6.70. The van der Waals surface area contributed by atoms with E-state index in [1.807, 2.05) is 0 Å². The molecule has 2 rings (SSSR count). The summed E-state index contributed by atoms with van der Waals surface area (Å²) in [6.45, 7) is 0. The van der Waals surface area contributed by atoms with Crippen LogP contribution in [0.5, 0.6) is 0 Å². The van der Waals surface area contributed by atoms with Crippen molar-refractivity contribution < 1.29 is 19.7 Å². The fourth-order valence-corrected chi connectivity index (χ4v) is 2.58. The molecule has 2 saturated carbocycles. The van der Waals surface area contributed by atoms with Gasteiger partial charge in [0.2, 0.25) is 5.76 Å². The Morgan fingerprint density at radius 1 is 1.36 bits per heavy atom. The van der Waals surface area contributed by atoms with Crippen molar-refractivity contribution in [2.75, 3.05) is 0 Å². The van der Waals surface area contributed by atoms with Gasteiger partial charge in [-0.2, -0.15) is 0 Å². The van der Waals surface area contributed by atoms with Crippen LogP contribution < -0.4 is 0 Å². The molecule has 0 aliphatic heterocycles. The van der Waals surface area contributed by atoms with Gasteiger partial charge in [-0.25, -0.2) is 4.79 Å². The van der Waals surface area contributed by atoms with Crippen molar-refractivity contribution in [3.63, 3.8) is 0 Å². The first-order valence-corrected chi connectivity index (χ1v) is 4.95. The van der Waals surface area contributed by atoms with Gasteiger partial charge < -0.3 is 14.9 Å². The van der Waals surface area contributed by atoms with E-state index < -0.39 is 11.7 Å². The van der Waals surface area contributed by atoms with E-state index in [2.05, 4.69) is 0 Å². The highest BCUT2D eigenvalue weighted by atomic mass is 16.6. The molecule has 3 unspecified atom stereocenters. The van der Waals surface area contributed by atoms with Gasteiger partial charge in [0.15, 0.2) is 0 Å². The van der Waals surface area contributed by atoms with Gasteiger partial charge in [0, 0.05) is 0 Å². The minimum absolute atomic E-state index is 0.0525. The van der Waals surface area contributed by atoms with Gasteiger partial charge in [-0.1, -0.05) is 0 Å². The summed E-state index contributed by atoms with van der Waals surface area (Å²) in [5.74, 6) is -0.369. The summed E-state index contributed by atoms with van der Waals surface area (Å²) in [7, 11) is 0. The Balaban J connectivity index is 1.90. The maximum Gasteiger partial charge on any atom is 0.376 e. The molecule has 4 nitrogen and oxygen atoms in total. The highest BCUT2D eigenvalue weighted by molar-refractivity contribution is 5.85. The predicted octanol–water partition coefficient (Wildman–Crippen LogP) is 1.68. The van der Waals surface area contributed by atoms with Crippen molar-refractivity contribution in [3.8, 4) is 0 Å². The largest absolute Gasteiger partial charge is 0.511 e. The highest BCUT2D eigenvalue weighted by Gasteiger charge is 2.41. The maximum absolute atomic E-state index is 11.1. The molecule has 78 valence electrons. The molecule has 0 aromatic carbocycles. The van der Waals surface area contributed by atoms with Crippen molar-refractivity contribution >= 4 is 5.97 Å². The van der Waals surface area contributed by atoms with Crippen molar-refractivity contribution in [2.45, 2.75) is 31.8 Å². The molecular weight excluding hydrogens is 184 g/mol. The molecule has 4 heteroatoms. The van der Waals surface area contributed by atoms with Gasteiger partial charge in [0.05, 0.1) is 0 Å². The van der Waals surface area contributed by atoms with Gasteiger partial charge in [-0.05, 0) is 37.5 Å². The van der Waals surface area contributed by atoms with Gasteiger partial charge in [-0.3, -0.25) is 0 Å². The first kappa shape index (κ1) is 9.37. The molecule has 0 aromatic rings. The number of ether oxygens (including phenoxy) is 1. The number of carbonyl (C=O) groups excluding carboxylic acids is 1. The Kier molecular flexibility index (Phi) is 2.35. The van der Waals surface area contributed by atoms with Crippen LogP contribution in [0.2, 0.25) is 0 Å². The number of carbonyl (C=O) groups is 1. The molecule has 0 amide bonds. The minimum Gasteiger partial charge on any atom is -0.511 e. The van der Waals surface area contributed by atoms with Crippen LogP contribution in [-0.2, 0) is 9.53 Å².